The molecule has 1 amide bonds. The van der Waals surface area contributed by atoms with E-state index in [1.54, 1.807) is 61.7 Å². The number of benzene rings is 3. The second kappa shape index (κ2) is 8.46. The van der Waals surface area contributed by atoms with Gasteiger partial charge in [-0.1, -0.05) is 30.3 Å². The minimum Gasteiger partial charge on any atom is -0.497 e. The molecule has 2 aromatic heterocycles. The highest BCUT2D eigenvalue weighted by Gasteiger charge is 2.19. The van der Waals surface area contributed by atoms with Gasteiger partial charge in [0.2, 0.25) is 11.6 Å². The highest BCUT2D eigenvalue weighted by Crippen LogP contribution is 2.25. The molecular formula is C24H19N5O4. The van der Waals surface area contributed by atoms with Crippen LogP contribution in [0, 0.1) is 0 Å². The summed E-state index contributed by atoms with van der Waals surface area (Å²) in [7, 11) is 1.57. The van der Waals surface area contributed by atoms with Crippen LogP contribution in [0.4, 0.5) is 5.69 Å². The van der Waals surface area contributed by atoms with E-state index in [-0.39, 0.29) is 18.1 Å². The normalized spacial score (nSPS) is 10.9. The lowest BCUT2D eigenvalue weighted by Gasteiger charge is -2.07. The molecular weight excluding hydrogens is 422 g/mol. The lowest BCUT2D eigenvalue weighted by atomic mass is 10.3. The third-order valence-corrected chi connectivity index (χ3v) is 5.00. The molecule has 164 valence electrons. The molecule has 0 saturated carbocycles. The summed E-state index contributed by atoms with van der Waals surface area (Å²) in [5.41, 5.74) is 1.48. The fraction of sp³-hybridized carbons (Fsp3) is 0.0833. The van der Waals surface area contributed by atoms with Gasteiger partial charge in [0.15, 0.2) is 0 Å². The molecule has 0 aliphatic carbocycles. The Hall–Kier alpha value is -4.66. The van der Waals surface area contributed by atoms with Gasteiger partial charge < -0.3 is 14.8 Å². The number of para-hydroxylation sites is 3. The van der Waals surface area contributed by atoms with Crippen molar-refractivity contribution in [2.24, 2.45) is 0 Å². The molecule has 3 aromatic carbocycles. The summed E-state index contributed by atoms with van der Waals surface area (Å²) >= 11 is 0. The fourth-order valence-electron chi connectivity index (χ4n) is 3.45. The molecule has 0 spiro atoms. The van der Waals surface area contributed by atoms with Crippen molar-refractivity contribution in [2.75, 3.05) is 12.4 Å². The quantitative estimate of drug-likeness (QED) is 0.433. The summed E-state index contributed by atoms with van der Waals surface area (Å²) in [5.74, 6) is 1.01. The Labute approximate surface area is 187 Å². The number of nitrogens with zero attached hydrogens (tertiary/aromatic N) is 4. The van der Waals surface area contributed by atoms with Crippen LogP contribution in [-0.4, -0.2) is 32.2 Å². The van der Waals surface area contributed by atoms with Crippen molar-refractivity contribution in [2.45, 2.75) is 6.54 Å². The van der Waals surface area contributed by atoms with Crippen LogP contribution in [0.5, 0.6) is 17.4 Å². The van der Waals surface area contributed by atoms with Crippen LogP contribution in [0.2, 0.25) is 0 Å². The number of rotatable bonds is 6. The van der Waals surface area contributed by atoms with E-state index in [1.165, 1.54) is 4.40 Å². The maximum atomic E-state index is 13.2. The summed E-state index contributed by atoms with van der Waals surface area (Å²) in [6.07, 6.45) is 0. The van der Waals surface area contributed by atoms with Gasteiger partial charge in [-0.3, -0.25) is 4.79 Å². The first-order chi connectivity index (χ1) is 16.1. The van der Waals surface area contributed by atoms with Gasteiger partial charge >= 0.3 is 5.69 Å². The van der Waals surface area contributed by atoms with E-state index >= 15 is 0 Å². The van der Waals surface area contributed by atoms with Gasteiger partial charge in [0.1, 0.15) is 18.0 Å². The Morgan fingerprint density at radius 1 is 0.939 bits per heavy atom. The summed E-state index contributed by atoms with van der Waals surface area (Å²) in [5, 5.41) is 7.12. The van der Waals surface area contributed by atoms with Gasteiger partial charge in [-0.15, -0.1) is 5.10 Å². The maximum absolute atomic E-state index is 13.2. The number of fused-ring (bicyclic) bond motifs is 3. The Morgan fingerprint density at radius 2 is 1.67 bits per heavy atom. The predicted molar refractivity (Wildman–Crippen MR) is 123 cm³/mol. The summed E-state index contributed by atoms with van der Waals surface area (Å²) in [4.78, 5) is 30.4. The maximum Gasteiger partial charge on any atom is 0.351 e. The molecule has 5 aromatic rings. The Balaban J connectivity index is 1.52. The van der Waals surface area contributed by atoms with E-state index in [4.69, 9.17) is 9.47 Å². The van der Waals surface area contributed by atoms with Gasteiger partial charge in [0.05, 0.1) is 18.1 Å². The first kappa shape index (κ1) is 20.3. The highest BCUT2D eigenvalue weighted by atomic mass is 16.5. The molecule has 1 N–H and O–H groups in total. The smallest absolute Gasteiger partial charge is 0.351 e. The number of hydrogen-bond donors (Lipinski definition) is 1. The Bertz CT molecular complexity index is 1510. The zero-order valence-corrected chi connectivity index (χ0v) is 17.6. The molecule has 0 bridgehead atoms. The van der Waals surface area contributed by atoms with Crippen LogP contribution in [-0.2, 0) is 11.3 Å². The molecule has 0 aliphatic rings. The van der Waals surface area contributed by atoms with Crippen molar-refractivity contribution in [1.82, 2.24) is 19.2 Å². The first-order valence-electron chi connectivity index (χ1n) is 10.2. The summed E-state index contributed by atoms with van der Waals surface area (Å²) in [6, 6.07) is 23.2. The third kappa shape index (κ3) is 3.99. The molecule has 9 nitrogen and oxygen atoms in total. The monoisotopic (exact) mass is 441 g/mol. The molecule has 0 atom stereocenters. The van der Waals surface area contributed by atoms with Crippen molar-refractivity contribution >= 4 is 28.3 Å². The largest absolute Gasteiger partial charge is 0.497 e. The van der Waals surface area contributed by atoms with Gasteiger partial charge in [-0.25, -0.2) is 18.9 Å². The van der Waals surface area contributed by atoms with Crippen molar-refractivity contribution in [3.05, 3.63) is 89.3 Å². The topological polar surface area (TPSA) is 99.8 Å². The van der Waals surface area contributed by atoms with Crippen molar-refractivity contribution < 1.29 is 14.3 Å². The number of methoxy groups -OCH3 is 1. The summed E-state index contributed by atoms with van der Waals surface area (Å²) < 4.78 is 13.6. The Morgan fingerprint density at radius 3 is 2.42 bits per heavy atom. The lowest BCUT2D eigenvalue weighted by Crippen LogP contribution is -2.28. The van der Waals surface area contributed by atoms with Gasteiger partial charge in [-0.2, -0.15) is 0 Å². The number of aromatic nitrogens is 4. The van der Waals surface area contributed by atoms with E-state index in [0.29, 0.717) is 28.2 Å². The van der Waals surface area contributed by atoms with Crippen LogP contribution in [0.3, 0.4) is 0 Å². The van der Waals surface area contributed by atoms with Crippen molar-refractivity contribution in [3.8, 4) is 17.4 Å². The van der Waals surface area contributed by atoms with Crippen molar-refractivity contribution in [1.29, 1.82) is 0 Å². The molecule has 5 rings (SSSR count). The number of carbonyl (C=O) groups excluding carboxylic acids is 1. The summed E-state index contributed by atoms with van der Waals surface area (Å²) in [6.45, 7) is -0.272. The molecule has 0 aliphatic heterocycles. The van der Waals surface area contributed by atoms with E-state index in [9.17, 15) is 9.59 Å². The lowest BCUT2D eigenvalue weighted by molar-refractivity contribution is -0.117. The highest BCUT2D eigenvalue weighted by molar-refractivity contribution is 5.90. The fourth-order valence-corrected chi connectivity index (χ4v) is 3.45. The molecule has 2 heterocycles. The number of anilines is 1. The second-order valence-corrected chi connectivity index (χ2v) is 7.20. The Kier molecular flexibility index (Phi) is 5.19. The van der Waals surface area contributed by atoms with Crippen LogP contribution < -0.4 is 20.5 Å². The minimum absolute atomic E-state index is 0.173. The average molecular weight is 441 g/mol. The van der Waals surface area contributed by atoms with Crippen molar-refractivity contribution in [3.63, 3.8) is 0 Å². The van der Waals surface area contributed by atoms with E-state index < -0.39 is 11.6 Å². The molecule has 0 saturated heterocycles. The zero-order valence-electron chi connectivity index (χ0n) is 17.6. The molecule has 9 heteroatoms. The van der Waals surface area contributed by atoms with Crippen LogP contribution in [0.15, 0.2) is 83.7 Å². The van der Waals surface area contributed by atoms with Gasteiger partial charge in [0, 0.05) is 5.69 Å². The average Bonchev–Trinajstić information content (AvgIpc) is 3.16. The number of nitrogens with one attached hydrogen (secondary N) is 1. The SMILES string of the molecule is COc1ccc(NC(=O)Cn2nc3c(Oc4ccccc4)nc4ccccc4n3c2=O)cc1. The number of carbonyl (C=O) groups is 1. The van der Waals surface area contributed by atoms with Gasteiger partial charge in [0.25, 0.3) is 5.88 Å². The van der Waals surface area contributed by atoms with Gasteiger partial charge in [-0.05, 0) is 48.5 Å². The van der Waals surface area contributed by atoms with E-state index in [2.05, 4.69) is 15.4 Å². The van der Waals surface area contributed by atoms with E-state index in [1.807, 2.05) is 24.3 Å². The zero-order chi connectivity index (χ0) is 22.8. The number of ether oxygens (including phenoxy) is 2. The molecule has 0 fully saturated rings. The molecule has 0 unspecified atom stereocenters. The first-order valence-corrected chi connectivity index (χ1v) is 10.2. The van der Waals surface area contributed by atoms with Crippen LogP contribution in [0.25, 0.3) is 16.7 Å². The standard InChI is InChI=1S/C24H19N5O4/c1-32-17-13-11-16(12-14-17)25-21(30)15-28-24(31)29-20-10-6-5-9-19(20)26-23(22(29)27-28)33-18-7-3-2-4-8-18/h2-14H,15H2,1H3,(H,25,30). The third-order valence-electron chi connectivity index (χ3n) is 5.00. The van der Waals surface area contributed by atoms with E-state index in [0.717, 1.165) is 4.68 Å². The second-order valence-electron chi connectivity index (χ2n) is 7.20. The molecule has 0 radical (unpaired) electrons. The number of amides is 1. The van der Waals surface area contributed by atoms with Crippen LogP contribution >= 0.6 is 0 Å². The number of hydrogen-bond acceptors (Lipinski definition) is 6. The van der Waals surface area contributed by atoms with Crippen LogP contribution in [0.1, 0.15) is 0 Å². The minimum atomic E-state index is -0.466. The molecule has 33 heavy (non-hydrogen) atoms. The predicted octanol–water partition coefficient (Wildman–Crippen LogP) is 3.48.